The van der Waals surface area contributed by atoms with Gasteiger partial charge < -0.3 is 9.84 Å². The topological polar surface area (TPSA) is 45.1 Å². The second kappa shape index (κ2) is 5.99. The largest absolute Gasteiger partial charge is 0.512 e. The smallest absolute Gasteiger partial charge is 0.220 e. The fourth-order valence-corrected chi connectivity index (χ4v) is 4.40. The molecule has 27 heavy (non-hydrogen) atoms. The van der Waals surface area contributed by atoms with Crippen molar-refractivity contribution in [1.82, 2.24) is 5.01 Å². The molecule has 0 saturated carbocycles. The number of rotatable bonds is 1. The summed E-state index contributed by atoms with van der Waals surface area (Å²) in [6.07, 6.45) is 4.63. The third-order valence-corrected chi connectivity index (χ3v) is 5.69. The van der Waals surface area contributed by atoms with E-state index in [1.54, 1.807) is 18.2 Å². The molecule has 3 aliphatic rings. The summed E-state index contributed by atoms with van der Waals surface area (Å²) < 4.78 is 19.7. The second-order valence-corrected chi connectivity index (χ2v) is 7.67. The zero-order chi connectivity index (χ0) is 18.6. The zero-order valence-electron chi connectivity index (χ0n) is 14.5. The van der Waals surface area contributed by atoms with E-state index in [4.69, 9.17) is 21.4 Å². The molecule has 6 heteroatoms. The van der Waals surface area contributed by atoms with Gasteiger partial charge in [0.25, 0.3) is 0 Å². The molecule has 0 unspecified atom stereocenters. The van der Waals surface area contributed by atoms with Gasteiger partial charge in [-0.3, -0.25) is 0 Å². The number of aliphatic hydroxyl groups excluding tert-OH is 1. The predicted octanol–water partition coefficient (Wildman–Crippen LogP) is 5.34. The Morgan fingerprint density at radius 2 is 2.04 bits per heavy atom. The van der Waals surface area contributed by atoms with Crippen molar-refractivity contribution in [2.24, 2.45) is 5.10 Å². The van der Waals surface area contributed by atoms with Crippen molar-refractivity contribution in [3.63, 3.8) is 0 Å². The molecule has 1 N–H and O–H groups in total. The number of fused-ring (bicyclic) bond motifs is 4. The number of nitrogens with zero attached hydrogens (tertiary/aromatic N) is 2. The van der Waals surface area contributed by atoms with Crippen molar-refractivity contribution in [3.05, 3.63) is 76.3 Å². The molecular weight excluding hydrogens is 367 g/mol. The number of hydrogen-bond acceptors (Lipinski definition) is 4. The summed E-state index contributed by atoms with van der Waals surface area (Å²) in [5.41, 5.74) is 1.92. The van der Waals surface area contributed by atoms with E-state index < -0.39 is 5.72 Å². The highest BCUT2D eigenvalue weighted by atomic mass is 35.5. The van der Waals surface area contributed by atoms with Crippen LogP contribution in [0.1, 0.15) is 42.9 Å². The zero-order valence-corrected chi connectivity index (χ0v) is 15.3. The van der Waals surface area contributed by atoms with Crippen molar-refractivity contribution in [2.45, 2.75) is 37.5 Å². The molecule has 2 atom stereocenters. The Kier molecular flexibility index (Phi) is 3.69. The van der Waals surface area contributed by atoms with Gasteiger partial charge in [-0.05, 0) is 42.3 Å². The first kappa shape index (κ1) is 16.6. The lowest BCUT2D eigenvalue weighted by atomic mass is 9.90. The number of aliphatic hydroxyl groups is 1. The molecular formula is C21H18ClFN2O2. The molecule has 2 aliphatic heterocycles. The van der Waals surface area contributed by atoms with Gasteiger partial charge in [-0.15, -0.1) is 0 Å². The fourth-order valence-electron chi connectivity index (χ4n) is 4.22. The van der Waals surface area contributed by atoms with Crippen molar-refractivity contribution >= 4 is 17.3 Å². The van der Waals surface area contributed by atoms with Gasteiger partial charge >= 0.3 is 0 Å². The Bertz CT molecular complexity index is 973. The average molecular weight is 385 g/mol. The maximum Gasteiger partial charge on any atom is 0.220 e. The summed E-state index contributed by atoms with van der Waals surface area (Å²) in [5, 5.41) is 17.6. The lowest BCUT2D eigenvalue weighted by Crippen LogP contribution is -2.53. The fraction of sp³-hybridized carbons (Fsp3) is 0.286. The van der Waals surface area contributed by atoms with Crippen LogP contribution < -0.4 is 4.74 Å². The molecule has 0 fully saturated rings. The van der Waals surface area contributed by atoms with Crippen LogP contribution in [0.25, 0.3) is 0 Å². The Morgan fingerprint density at radius 3 is 2.81 bits per heavy atom. The first-order valence-electron chi connectivity index (χ1n) is 9.06. The summed E-state index contributed by atoms with van der Waals surface area (Å²) in [4.78, 5) is 0. The van der Waals surface area contributed by atoms with Crippen molar-refractivity contribution in [1.29, 1.82) is 0 Å². The summed E-state index contributed by atoms with van der Waals surface area (Å²) in [5.74, 6) is 0.817. The van der Waals surface area contributed by atoms with Crippen LogP contribution in [0.2, 0.25) is 5.02 Å². The van der Waals surface area contributed by atoms with Gasteiger partial charge in [0.05, 0.1) is 17.5 Å². The molecule has 0 amide bonds. The van der Waals surface area contributed by atoms with E-state index in [0.717, 1.165) is 35.4 Å². The highest BCUT2D eigenvalue weighted by Gasteiger charge is 2.50. The Hall–Kier alpha value is -2.53. The number of allylic oxidation sites excluding steroid dienone is 1. The average Bonchev–Trinajstić information content (AvgIpc) is 3.10. The minimum atomic E-state index is -0.810. The Morgan fingerprint density at radius 1 is 1.22 bits per heavy atom. The number of halogens is 2. The molecule has 1 spiro atoms. The van der Waals surface area contributed by atoms with Crippen LogP contribution in [-0.2, 0) is 0 Å². The summed E-state index contributed by atoms with van der Waals surface area (Å²) in [7, 11) is 0. The summed E-state index contributed by atoms with van der Waals surface area (Å²) in [6.45, 7) is 0. The maximum absolute atomic E-state index is 13.3. The standard InChI is InChI=1S/C21H18ClFN2O2/c22-14-5-8-20-17(10-14)19-11-18(13-3-6-15(23)7-4-13)24-25(19)21(27-20)9-1-2-16(26)12-21/h3-8,10,12,19,26H,1-2,9,11H2/t19-,21+/m0/s1. The van der Waals surface area contributed by atoms with Crippen LogP contribution in [-0.4, -0.2) is 21.6 Å². The van der Waals surface area contributed by atoms with Crippen LogP contribution in [0.4, 0.5) is 4.39 Å². The van der Waals surface area contributed by atoms with E-state index in [0.29, 0.717) is 23.6 Å². The molecule has 0 aromatic heterocycles. The number of ether oxygens (including phenoxy) is 1. The van der Waals surface area contributed by atoms with Gasteiger partial charge in [0.15, 0.2) is 0 Å². The Balaban J connectivity index is 1.64. The van der Waals surface area contributed by atoms with Gasteiger partial charge in [0, 0.05) is 35.9 Å². The van der Waals surface area contributed by atoms with Crippen LogP contribution in [0.3, 0.4) is 0 Å². The summed E-state index contributed by atoms with van der Waals surface area (Å²) >= 11 is 6.23. The monoisotopic (exact) mass is 384 g/mol. The molecule has 138 valence electrons. The molecule has 4 nitrogen and oxygen atoms in total. The SMILES string of the molecule is OC1=C[C@@]2(CCC1)Oc1ccc(Cl)cc1[C@@H]1CC(c3ccc(F)cc3)=NN12. The van der Waals surface area contributed by atoms with Gasteiger partial charge in [-0.1, -0.05) is 23.7 Å². The highest BCUT2D eigenvalue weighted by Crippen LogP contribution is 2.50. The van der Waals surface area contributed by atoms with E-state index in [2.05, 4.69) is 0 Å². The predicted molar refractivity (Wildman–Crippen MR) is 102 cm³/mol. The number of hydrazone groups is 1. The van der Waals surface area contributed by atoms with Crippen molar-refractivity contribution < 1.29 is 14.2 Å². The normalized spacial score (nSPS) is 26.1. The second-order valence-electron chi connectivity index (χ2n) is 7.24. The molecule has 0 bridgehead atoms. The third kappa shape index (κ3) is 2.69. The minimum Gasteiger partial charge on any atom is -0.512 e. The van der Waals surface area contributed by atoms with E-state index >= 15 is 0 Å². The van der Waals surface area contributed by atoms with Gasteiger partial charge in [0.2, 0.25) is 5.72 Å². The lowest BCUT2D eigenvalue weighted by Gasteiger charge is -2.47. The number of hydrogen-bond donors (Lipinski definition) is 1. The summed E-state index contributed by atoms with van der Waals surface area (Å²) in [6, 6.07) is 11.9. The van der Waals surface area contributed by atoms with Gasteiger partial charge in [0.1, 0.15) is 11.6 Å². The highest BCUT2D eigenvalue weighted by molar-refractivity contribution is 6.30. The lowest BCUT2D eigenvalue weighted by molar-refractivity contribution is -0.0944. The molecule has 1 aliphatic carbocycles. The van der Waals surface area contributed by atoms with E-state index in [-0.39, 0.29) is 11.9 Å². The van der Waals surface area contributed by atoms with Crippen LogP contribution in [0.15, 0.2) is 59.4 Å². The molecule has 2 aromatic carbocycles. The third-order valence-electron chi connectivity index (χ3n) is 5.45. The first-order chi connectivity index (χ1) is 13.0. The van der Waals surface area contributed by atoms with Crippen molar-refractivity contribution in [2.75, 3.05) is 0 Å². The quantitative estimate of drug-likeness (QED) is 0.721. The minimum absolute atomic E-state index is 0.0466. The molecule has 5 rings (SSSR count). The van der Waals surface area contributed by atoms with E-state index in [9.17, 15) is 9.50 Å². The van der Waals surface area contributed by atoms with E-state index in [1.165, 1.54) is 12.1 Å². The molecule has 0 radical (unpaired) electrons. The Labute approximate surface area is 161 Å². The molecule has 0 saturated heterocycles. The maximum atomic E-state index is 13.3. The van der Waals surface area contributed by atoms with Gasteiger partial charge in [-0.2, -0.15) is 5.10 Å². The number of benzene rings is 2. The molecule has 2 aromatic rings. The molecule has 2 heterocycles. The van der Waals surface area contributed by atoms with Gasteiger partial charge in [-0.25, -0.2) is 9.40 Å². The van der Waals surface area contributed by atoms with Crippen LogP contribution in [0.5, 0.6) is 5.75 Å². The van der Waals surface area contributed by atoms with Crippen molar-refractivity contribution in [3.8, 4) is 5.75 Å². The van der Waals surface area contributed by atoms with Crippen LogP contribution >= 0.6 is 11.6 Å². The first-order valence-corrected chi connectivity index (χ1v) is 9.44. The van der Waals surface area contributed by atoms with E-state index in [1.807, 2.05) is 23.2 Å². The van der Waals surface area contributed by atoms with Crippen LogP contribution in [0, 0.1) is 5.82 Å².